The zero-order chi connectivity index (χ0) is 20.2. The Morgan fingerprint density at radius 2 is 1.79 bits per heavy atom. The summed E-state index contributed by atoms with van der Waals surface area (Å²) < 4.78 is 16.0. The number of methoxy groups -OCH3 is 2. The number of carbonyl (C=O) groups excluding carboxylic acids is 1. The maximum absolute atomic E-state index is 13.0. The summed E-state index contributed by atoms with van der Waals surface area (Å²) >= 11 is 0. The fraction of sp³-hybridized carbons (Fsp3) is 0.286. The maximum Gasteiger partial charge on any atom is 0.257 e. The van der Waals surface area contributed by atoms with E-state index in [4.69, 9.17) is 13.9 Å². The zero-order valence-corrected chi connectivity index (χ0v) is 16.4. The van der Waals surface area contributed by atoms with Gasteiger partial charge in [0.15, 0.2) is 23.1 Å². The Morgan fingerprint density at radius 3 is 2.41 bits per heavy atom. The summed E-state index contributed by atoms with van der Waals surface area (Å²) in [5, 5.41) is 8.56. The van der Waals surface area contributed by atoms with Crippen LogP contribution in [0.15, 0.2) is 53.1 Å². The second kappa shape index (κ2) is 8.22. The molecule has 0 N–H and O–H groups in total. The predicted molar refractivity (Wildman–Crippen MR) is 107 cm³/mol. The van der Waals surface area contributed by atoms with E-state index in [1.54, 1.807) is 31.6 Å². The SMILES string of the molecule is COc1cccc(C(=O)N2CCN(c3ccc(-c4ccco4)nn3)CC2)c1OC. The third-order valence-electron chi connectivity index (χ3n) is 4.95. The highest BCUT2D eigenvalue weighted by Gasteiger charge is 2.26. The minimum Gasteiger partial charge on any atom is -0.493 e. The lowest BCUT2D eigenvalue weighted by Crippen LogP contribution is -2.49. The minimum absolute atomic E-state index is 0.0698. The molecule has 0 saturated carbocycles. The van der Waals surface area contributed by atoms with Gasteiger partial charge in [0, 0.05) is 26.2 Å². The number of piperazine rings is 1. The number of para-hydroxylation sites is 1. The zero-order valence-electron chi connectivity index (χ0n) is 16.4. The van der Waals surface area contributed by atoms with Gasteiger partial charge in [0.2, 0.25) is 0 Å². The molecule has 3 heterocycles. The molecule has 1 saturated heterocycles. The molecule has 0 radical (unpaired) electrons. The van der Waals surface area contributed by atoms with Gasteiger partial charge in [-0.2, -0.15) is 0 Å². The molecule has 0 spiro atoms. The summed E-state index contributed by atoms with van der Waals surface area (Å²) in [4.78, 5) is 16.9. The van der Waals surface area contributed by atoms with Crippen LogP contribution >= 0.6 is 0 Å². The first kappa shape index (κ1) is 18.8. The van der Waals surface area contributed by atoms with Crippen molar-refractivity contribution >= 4 is 11.7 Å². The van der Waals surface area contributed by atoms with Gasteiger partial charge < -0.3 is 23.7 Å². The molecule has 1 aliphatic heterocycles. The molecular weight excluding hydrogens is 372 g/mol. The van der Waals surface area contributed by atoms with Crippen LogP contribution in [0.3, 0.4) is 0 Å². The first-order valence-corrected chi connectivity index (χ1v) is 9.34. The molecule has 150 valence electrons. The van der Waals surface area contributed by atoms with Crippen molar-refractivity contribution in [2.24, 2.45) is 0 Å². The van der Waals surface area contributed by atoms with Gasteiger partial charge >= 0.3 is 0 Å². The first-order chi connectivity index (χ1) is 14.2. The highest BCUT2D eigenvalue weighted by molar-refractivity contribution is 5.98. The van der Waals surface area contributed by atoms with E-state index < -0.39 is 0 Å². The Kier molecular flexibility index (Phi) is 5.33. The van der Waals surface area contributed by atoms with Crippen LogP contribution in [0, 0.1) is 0 Å². The average Bonchev–Trinajstić information content (AvgIpc) is 3.33. The average molecular weight is 394 g/mol. The Labute approximate surface area is 168 Å². The fourth-order valence-corrected chi connectivity index (χ4v) is 3.41. The monoisotopic (exact) mass is 394 g/mol. The maximum atomic E-state index is 13.0. The summed E-state index contributed by atoms with van der Waals surface area (Å²) in [5.41, 5.74) is 1.19. The number of hydrogen-bond acceptors (Lipinski definition) is 7. The Hall–Kier alpha value is -3.55. The van der Waals surface area contributed by atoms with E-state index in [1.807, 2.05) is 29.2 Å². The van der Waals surface area contributed by atoms with Crippen molar-refractivity contribution in [2.75, 3.05) is 45.3 Å². The molecule has 1 aliphatic rings. The van der Waals surface area contributed by atoms with E-state index in [0.717, 1.165) is 5.82 Å². The molecular formula is C21H22N4O4. The van der Waals surface area contributed by atoms with Crippen molar-refractivity contribution in [3.63, 3.8) is 0 Å². The second-order valence-corrected chi connectivity index (χ2v) is 6.57. The first-order valence-electron chi connectivity index (χ1n) is 9.34. The van der Waals surface area contributed by atoms with Crippen molar-refractivity contribution in [3.05, 3.63) is 54.3 Å². The Balaban J connectivity index is 1.42. The molecule has 2 aromatic heterocycles. The van der Waals surface area contributed by atoms with Crippen LogP contribution in [-0.4, -0.2) is 61.4 Å². The lowest BCUT2D eigenvalue weighted by atomic mass is 10.1. The van der Waals surface area contributed by atoms with Crippen LogP contribution in [0.4, 0.5) is 5.82 Å². The summed E-state index contributed by atoms with van der Waals surface area (Å²) in [7, 11) is 3.10. The van der Waals surface area contributed by atoms with Crippen LogP contribution in [0.25, 0.3) is 11.5 Å². The van der Waals surface area contributed by atoms with Crippen molar-refractivity contribution in [1.82, 2.24) is 15.1 Å². The lowest BCUT2D eigenvalue weighted by molar-refractivity contribution is 0.0742. The molecule has 3 aromatic rings. The highest BCUT2D eigenvalue weighted by Crippen LogP contribution is 2.31. The summed E-state index contributed by atoms with van der Waals surface area (Å²) in [6, 6.07) is 12.8. The minimum atomic E-state index is -0.0698. The summed E-state index contributed by atoms with van der Waals surface area (Å²) in [6.45, 7) is 2.52. The van der Waals surface area contributed by atoms with E-state index in [1.165, 1.54) is 7.11 Å². The number of benzene rings is 1. The molecule has 0 bridgehead atoms. The summed E-state index contributed by atoms with van der Waals surface area (Å²) in [6.07, 6.45) is 1.61. The van der Waals surface area contributed by atoms with Gasteiger partial charge in [-0.3, -0.25) is 4.79 Å². The van der Waals surface area contributed by atoms with Crippen molar-refractivity contribution in [3.8, 4) is 23.0 Å². The molecule has 1 fully saturated rings. The van der Waals surface area contributed by atoms with Crippen LogP contribution in [-0.2, 0) is 0 Å². The number of rotatable bonds is 5. The van der Waals surface area contributed by atoms with E-state index in [0.29, 0.717) is 54.7 Å². The van der Waals surface area contributed by atoms with E-state index in [2.05, 4.69) is 15.1 Å². The van der Waals surface area contributed by atoms with Crippen molar-refractivity contribution in [2.45, 2.75) is 0 Å². The van der Waals surface area contributed by atoms with Gasteiger partial charge in [0.05, 0.1) is 26.0 Å². The number of hydrogen-bond donors (Lipinski definition) is 0. The van der Waals surface area contributed by atoms with Crippen LogP contribution < -0.4 is 14.4 Å². The molecule has 1 aromatic carbocycles. The topological polar surface area (TPSA) is 80.9 Å². The number of carbonyl (C=O) groups is 1. The third-order valence-corrected chi connectivity index (χ3v) is 4.95. The van der Waals surface area contributed by atoms with Gasteiger partial charge in [-0.1, -0.05) is 6.07 Å². The molecule has 1 amide bonds. The fourth-order valence-electron chi connectivity index (χ4n) is 3.41. The molecule has 0 unspecified atom stereocenters. The number of ether oxygens (including phenoxy) is 2. The van der Waals surface area contributed by atoms with Crippen LogP contribution in [0.5, 0.6) is 11.5 Å². The van der Waals surface area contributed by atoms with Gasteiger partial charge in [0.1, 0.15) is 5.69 Å². The molecule has 0 atom stereocenters. The lowest BCUT2D eigenvalue weighted by Gasteiger charge is -2.35. The standard InChI is InChI=1S/C21H22N4O4/c1-27-18-6-3-5-15(20(18)28-2)21(26)25-12-10-24(11-13-25)19-9-8-16(22-23-19)17-7-4-14-29-17/h3-9,14H,10-13H2,1-2H3. The molecule has 8 heteroatoms. The number of furan rings is 1. The number of aromatic nitrogens is 2. The highest BCUT2D eigenvalue weighted by atomic mass is 16.5. The van der Waals surface area contributed by atoms with Gasteiger partial charge in [-0.05, 0) is 36.4 Å². The van der Waals surface area contributed by atoms with Crippen molar-refractivity contribution in [1.29, 1.82) is 0 Å². The van der Waals surface area contributed by atoms with Gasteiger partial charge in [0.25, 0.3) is 5.91 Å². The van der Waals surface area contributed by atoms with E-state index in [9.17, 15) is 4.79 Å². The van der Waals surface area contributed by atoms with Crippen LogP contribution in [0.2, 0.25) is 0 Å². The smallest absolute Gasteiger partial charge is 0.257 e. The van der Waals surface area contributed by atoms with E-state index >= 15 is 0 Å². The number of nitrogens with zero attached hydrogens (tertiary/aromatic N) is 4. The summed E-state index contributed by atoms with van der Waals surface area (Å²) in [5.74, 6) is 2.41. The molecule has 29 heavy (non-hydrogen) atoms. The number of amides is 1. The normalized spacial score (nSPS) is 14.0. The molecule has 8 nitrogen and oxygen atoms in total. The van der Waals surface area contributed by atoms with Crippen molar-refractivity contribution < 1.29 is 18.7 Å². The number of anilines is 1. The van der Waals surface area contributed by atoms with E-state index in [-0.39, 0.29) is 5.91 Å². The Bertz CT molecular complexity index is 965. The molecule has 4 rings (SSSR count). The molecule has 0 aliphatic carbocycles. The predicted octanol–water partition coefficient (Wildman–Crippen LogP) is 2.72. The Morgan fingerprint density at radius 1 is 0.966 bits per heavy atom. The quantitative estimate of drug-likeness (QED) is 0.658. The largest absolute Gasteiger partial charge is 0.493 e. The second-order valence-electron chi connectivity index (χ2n) is 6.57. The third kappa shape index (κ3) is 3.73. The van der Waals surface area contributed by atoms with Crippen LogP contribution in [0.1, 0.15) is 10.4 Å². The van der Waals surface area contributed by atoms with Gasteiger partial charge in [-0.25, -0.2) is 0 Å². The van der Waals surface area contributed by atoms with Gasteiger partial charge in [-0.15, -0.1) is 10.2 Å².